The van der Waals surface area contributed by atoms with E-state index >= 15 is 0 Å². The van der Waals surface area contributed by atoms with Gasteiger partial charge in [0.25, 0.3) is 0 Å². The van der Waals surface area contributed by atoms with E-state index in [-0.39, 0.29) is 22.4 Å². The topological polar surface area (TPSA) is 46.2 Å². The van der Waals surface area contributed by atoms with E-state index < -0.39 is 24.3 Å². The first-order valence-electron chi connectivity index (χ1n) is 3.56. The fourth-order valence-electron chi connectivity index (χ4n) is 0.937. The molecule has 3 N–H and O–H groups in total. The van der Waals surface area contributed by atoms with Crippen molar-refractivity contribution in [3.63, 3.8) is 0 Å². The van der Waals surface area contributed by atoms with Crippen LogP contribution in [0.3, 0.4) is 0 Å². The Labute approximate surface area is 94.6 Å². The summed E-state index contributed by atoms with van der Waals surface area (Å²) in [6, 6.07) is 1.77. The lowest BCUT2D eigenvalue weighted by molar-refractivity contribution is 0.395. The monoisotopic (exact) mass is 287 g/mol. The molecule has 80 valence electrons. The van der Waals surface area contributed by atoms with Crippen LogP contribution in [-0.2, 0) is 0 Å². The van der Waals surface area contributed by atoms with Crippen LogP contribution in [0, 0.1) is 5.82 Å². The SMILES string of the molecule is Cl.N[C@H](CF)c1ccc(Br)c(F)c1O. The lowest BCUT2D eigenvalue weighted by Gasteiger charge is -2.10. The third kappa shape index (κ3) is 2.56. The van der Waals surface area contributed by atoms with Crippen LogP contribution >= 0.6 is 28.3 Å². The van der Waals surface area contributed by atoms with Gasteiger partial charge in [-0.05, 0) is 22.0 Å². The first-order valence-corrected chi connectivity index (χ1v) is 4.35. The molecule has 1 aromatic rings. The summed E-state index contributed by atoms with van der Waals surface area (Å²) in [6.45, 7) is -0.839. The van der Waals surface area contributed by atoms with Gasteiger partial charge in [0, 0.05) is 5.56 Å². The lowest BCUT2D eigenvalue weighted by atomic mass is 10.1. The smallest absolute Gasteiger partial charge is 0.179 e. The number of phenolic OH excluding ortho intramolecular Hbond substituents is 1. The summed E-state index contributed by atoms with van der Waals surface area (Å²) in [5, 5.41) is 9.23. The maximum Gasteiger partial charge on any atom is 0.179 e. The van der Waals surface area contributed by atoms with Crippen LogP contribution in [0.15, 0.2) is 16.6 Å². The average molecular weight is 289 g/mol. The number of hydrogen-bond acceptors (Lipinski definition) is 2. The Hall–Kier alpha value is -0.390. The third-order valence-electron chi connectivity index (χ3n) is 1.67. The van der Waals surface area contributed by atoms with Crippen molar-refractivity contribution in [1.29, 1.82) is 0 Å². The quantitative estimate of drug-likeness (QED) is 0.879. The van der Waals surface area contributed by atoms with Gasteiger partial charge < -0.3 is 10.8 Å². The molecule has 0 fully saturated rings. The maximum absolute atomic E-state index is 13.0. The molecule has 0 saturated heterocycles. The highest BCUT2D eigenvalue weighted by Crippen LogP contribution is 2.30. The molecule has 0 aromatic heterocycles. The highest BCUT2D eigenvalue weighted by Gasteiger charge is 2.15. The Morgan fingerprint density at radius 3 is 2.57 bits per heavy atom. The van der Waals surface area contributed by atoms with Crippen molar-refractivity contribution in [2.24, 2.45) is 5.73 Å². The minimum Gasteiger partial charge on any atom is -0.505 e. The number of halogens is 4. The molecule has 0 spiro atoms. The van der Waals surface area contributed by atoms with Gasteiger partial charge in [0.05, 0.1) is 10.5 Å². The molecule has 6 heteroatoms. The van der Waals surface area contributed by atoms with Crippen LogP contribution in [0.1, 0.15) is 11.6 Å². The van der Waals surface area contributed by atoms with Gasteiger partial charge in [-0.15, -0.1) is 12.4 Å². The fourth-order valence-corrected chi connectivity index (χ4v) is 1.26. The predicted molar refractivity (Wildman–Crippen MR) is 55.9 cm³/mol. The molecule has 0 aliphatic heterocycles. The second-order valence-corrected chi connectivity index (χ2v) is 3.41. The van der Waals surface area contributed by atoms with Crippen LogP contribution in [0.25, 0.3) is 0 Å². The molecule has 0 amide bonds. The first-order chi connectivity index (χ1) is 6.07. The van der Waals surface area contributed by atoms with E-state index in [0.29, 0.717) is 0 Å². The summed E-state index contributed by atoms with van der Waals surface area (Å²) in [4.78, 5) is 0. The van der Waals surface area contributed by atoms with Crippen molar-refractivity contribution in [3.8, 4) is 5.75 Å². The maximum atomic E-state index is 13.0. The van der Waals surface area contributed by atoms with Crippen molar-refractivity contribution in [3.05, 3.63) is 28.0 Å². The van der Waals surface area contributed by atoms with Crippen LogP contribution < -0.4 is 5.73 Å². The van der Waals surface area contributed by atoms with Gasteiger partial charge in [0.1, 0.15) is 6.67 Å². The van der Waals surface area contributed by atoms with Crippen molar-refractivity contribution in [1.82, 2.24) is 0 Å². The molecule has 2 nitrogen and oxygen atoms in total. The zero-order valence-electron chi connectivity index (χ0n) is 7.01. The molecule has 0 heterocycles. The molecule has 0 aliphatic carbocycles. The average Bonchev–Trinajstić information content (AvgIpc) is 2.13. The summed E-state index contributed by atoms with van der Waals surface area (Å²) in [5.41, 5.74) is 5.37. The molecule has 0 saturated carbocycles. The van der Waals surface area contributed by atoms with Crippen molar-refractivity contribution >= 4 is 28.3 Å². The number of hydrogen-bond donors (Lipinski definition) is 2. The van der Waals surface area contributed by atoms with Gasteiger partial charge in [0.15, 0.2) is 11.6 Å². The zero-order chi connectivity index (χ0) is 10.0. The molecular formula is C8H9BrClF2NO. The second-order valence-electron chi connectivity index (χ2n) is 2.56. The van der Waals surface area contributed by atoms with E-state index in [1.807, 2.05) is 0 Å². The molecular weight excluding hydrogens is 279 g/mol. The van der Waals surface area contributed by atoms with E-state index in [2.05, 4.69) is 15.9 Å². The number of nitrogens with two attached hydrogens (primary N) is 1. The Morgan fingerprint density at radius 2 is 2.07 bits per heavy atom. The summed E-state index contributed by atoms with van der Waals surface area (Å²) >= 11 is 2.88. The molecule has 0 radical (unpaired) electrons. The number of aromatic hydroxyl groups is 1. The Balaban J connectivity index is 0.00000169. The van der Waals surface area contributed by atoms with Gasteiger partial charge in [-0.1, -0.05) is 6.07 Å². The second kappa shape index (κ2) is 5.48. The van der Waals surface area contributed by atoms with Gasteiger partial charge in [0.2, 0.25) is 0 Å². The summed E-state index contributed by atoms with van der Waals surface area (Å²) in [7, 11) is 0. The van der Waals surface area contributed by atoms with Gasteiger partial charge in [-0.3, -0.25) is 0 Å². The van der Waals surface area contributed by atoms with Gasteiger partial charge in [-0.25, -0.2) is 8.78 Å². The zero-order valence-corrected chi connectivity index (χ0v) is 9.41. The molecule has 0 aliphatic rings. The van der Waals surface area contributed by atoms with Crippen molar-refractivity contribution in [2.45, 2.75) is 6.04 Å². The van der Waals surface area contributed by atoms with Crippen molar-refractivity contribution < 1.29 is 13.9 Å². The highest BCUT2D eigenvalue weighted by molar-refractivity contribution is 9.10. The van der Waals surface area contributed by atoms with Gasteiger partial charge in [-0.2, -0.15) is 0 Å². The standard InChI is InChI=1S/C8H8BrF2NO.ClH/c9-5-2-1-4(6(12)3-10)8(13)7(5)11;/h1-2,6,13H,3,12H2;1H/t6-;/m1./s1. The van der Waals surface area contributed by atoms with E-state index in [0.717, 1.165) is 0 Å². The third-order valence-corrected chi connectivity index (χ3v) is 2.28. The van der Waals surface area contributed by atoms with Gasteiger partial charge >= 0.3 is 0 Å². The summed E-state index contributed by atoms with van der Waals surface area (Å²) in [6.07, 6.45) is 0. The number of phenols is 1. The van der Waals surface area contributed by atoms with E-state index in [9.17, 15) is 13.9 Å². The Kier molecular flexibility index (Phi) is 5.33. The van der Waals surface area contributed by atoms with Crippen molar-refractivity contribution in [2.75, 3.05) is 6.67 Å². The minimum atomic E-state index is -0.984. The Morgan fingerprint density at radius 1 is 1.50 bits per heavy atom. The van der Waals surface area contributed by atoms with Crippen LogP contribution in [0.4, 0.5) is 8.78 Å². The molecule has 0 unspecified atom stereocenters. The molecule has 14 heavy (non-hydrogen) atoms. The summed E-state index contributed by atoms with van der Waals surface area (Å²) in [5.74, 6) is -1.42. The summed E-state index contributed by atoms with van der Waals surface area (Å²) < 4.78 is 25.3. The largest absolute Gasteiger partial charge is 0.505 e. The van der Waals surface area contributed by atoms with Crippen LogP contribution in [-0.4, -0.2) is 11.8 Å². The lowest BCUT2D eigenvalue weighted by Crippen LogP contribution is -2.12. The van der Waals surface area contributed by atoms with E-state index in [1.54, 1.807) is 0 Å². The highest BCUT2D eigenvalue weighted by atomic mass is 79.9. The fraction of sp³-hybridized carbons (Fsp3) is 0.250. The first kappa shape index (κ1) is 13.6. The number of benzene rings is 1. The molecule has 1 rings (SSSR count). The van der Waals surface area contributed by atoms with E-state index in [4.69, 9.17) is 5.73 Å². The molecule has 1 aromatic carbocycles. The van der Waals surface area contributed by atoms with Crippen LogP contribution in [0.2, 0.25) is 0 Å². The van der Waals surface area contributed by atoms with E-state index in [1.165, 1.54) is 12.1 Å². The molecule has 0 bridgehead atoms. The minimum absolute atomic E-state index is 0. The number of rotatable bonds is 2. The van der Waals surface area contributed by atoms with Crippen LogP contribution in [0.5, 0.6) is 5.75 Å². The molecule has 1 atom stereocenters. The number of alkyl halides is 1. The normalized spacial score (nSPS) is 12.0. The Bertz CT molecular complexity index is 324. The predicted octanol–water partition coefficient (Wildman–Crippen LogP) is 2.68.